The maximum atomic E-state index is 12.4. The molecule has 0 spiro atoms. The van der Waals surface area contributed by atoms with E-state index in [4.69, 9.17) is 4.52 Å². The highest BCUT2D eigenvalue weighted by atomic mass is 16.5. The van der Waals surface area contributed by atoms with Crippen molar-refractivity contribution in [1.29, 1.82) is 0 Å². The Hall–Kier alpha value is -2.21. The van der Waals surface area contributed by atoms with Gasteiger partial charge in [-0.3, -0.25) is 4.79 Å². The van der Waals surface area contributed by atoms with Crippen LogP contribution in [-0.4, -0.2) is 47.6 Å². The summed E-state index contributed by atoms with van der Waals surface area (Å²) in [6.45, 7) is 4.77. The van der Waals surface area contributed by atoms with Crippen molar-refractivity contribution in [3.63, 3.8) is 0 Å². The fourth-order valence-electron chi connectivity index (χ4n) is 3.22. The molecule has 1 N–H and O–H groups in total. The second-order valence-electron chi connectivity index (χ2n) is 6.53. The fourth-order valence-corrected chi connectivity index (χ4v) is 3.22. The van der Waals surface area contributed by atoms with Crippen molar-refractivity contribution >= 4 is 5.91 Å². The number of nitrogens with one attached hydrogen (secondary N) is 1. The average Bonchev–Trinajstić information content (AvgIpc) is 3.01. The lowest BCUT2D eigenvalue weighted by Gasteiger charge is -2.29. The molecule has 0 bridgehead atoms. The van der Waals surface area contributed by atoms with Crippen molar-refractivity contribution in [3.05, 3.63) is 35.7 Å². The molecule has 24 heavy (non-hydrogen) atoms. The van der Waals surface area contributed by atoms with Gasteiger partial charge in [0, 0.05) is 31.1 Å². The molecule has 1 aliphatic rings. The quantitative estimate of drug-likeness (QED) is 0.913. The Bertz CT molecular complexity index is 698. The van der Waals surface area contributed by atoms with Gasteiger partial charge in [0.1, 0.15) is 0 Å². The summed E-state index contributed by atoms with van der Waals surface area (Å²) in [7, 11) is 2.16. The minimum Gasteiger partial charge on any atom is -0.352 e. The predicted molar refractivity (Wildman–Crippen MR) is 91.6 cm³/mol. The summed E-state index contributed by atoms with van der Waals surface area (Å²) >= 11 is 0. The van der Waals surface area contributed by atoms with Crippen LogP contribution in [0.3, 0.4) is 0 Å². The van der Waals surface area contributed by atoms with Gasteiger partial charge in [-0.2, -0.15) is 4.98 Å². The number of carbonyl (C=O) groups excluding carboxylic acids is 1. The molecule has 1 amide bonds. The van der Waals surface area contributed by atoms with Crippen LogP contribution >= 0.6 is 0 Å². The lowest BCUT2D eigenvalue weighted by molar-refractivity contribution is 0.0948. The van der Waals surface area contributed by atoms with E-state index < -0.39 is 0 Å². The third-order valence-electron chi connectivity index (χ3n) is 4.47. The molecule has 128 valence electrons. The van der Waals surface area contributed by atoms with Crippen molar-refractivity contribution in [1.82, 2.24) is 20.4 Å². The monoisotopic (exact) mass is 328 g/mol. The van der Waals surface area contributed by atoms with Gasteiger partial charge in [-0.25, -0.2) is 0 Å². The molecular weight excluding hydrogens is 304 g/mol. The number of hydrogen-bond donors (Lipinski definition) is 1. The standard InChI is InChI=1S/C18H24N4O2/c1-13-20-17(21-24-13)15-6-3-7-16(11-15)18(23)19-9-8-14-5-4-10-22(2)12-14/h3,6-7,11,14H,4-5,8-10,12H2,1-2H3,(H,19,23)/t14-/m1/s1. The van der Waals surface area contributed by atoms with E-state index in [1.165, 1.54) is 19.4 Å². The van der Waals surface area contributed by atoms with Gasteiger partial charge in [0.2, 0.25) is 11.7 Å². The van der Waals surface area contributed by atoms with Crippen molar-refractivity contribution in [3.8, 4) is 11.4 Å². The maximum Gasteiger partial charge on any atom is 0.251 e. The SMILES string of the molecule is Cc1nc(-c2cccc(C(=O)NCC[C@H]3CCCN(C)C3)c2)no1. The van der Waals surface area contributed by atoms with E-state index in [0.29, 0.717) is 29.7 Å². The molecule has 0 saturated carbocycles. The highest BCUT2D eigenvalue weighted by Crippen LogP contribution is 2.19. The molecule has 1 aromatic carbocycles. The lowest BCUT2D eigenvalue weighted by Crippen LogP contribution is -2.34. The molecule has 2 aromatic rings. The Morgan fingerprint density at radius 2 is 2.33 bits per heavy atom. The van der Waals surface area contributed by atoms with E-state index in [9.17, 15) is 4.79 Å². The number of benzene rings is 1. The number of amides is 1. The van der Waals surface area contributed by atoms with E-state index in [2.05, 4.69) is 27.4 Å². The smallest absolute Gasteiger partial charge is 0.251 e. The zero-order valence-electron chi connectivity index (χ0n) is 14.3. The summed E-state index contributed by atoms with van der Waals surface area (Å²) in [5.74, 6) is 1.64. The minimum absolute atomic E-state index is 0.0544. The highest BCUT2D eigenvalue weighted by molar-refractivity contribution is 5.95. The first-order valence-electron chi connectivity index (χ1n) is 8.49. The molecule has 0 aliphatic carbocycles. The average molecular weight is 328 g/mol. The van der Waals surface area contributed by atoms with Gasteiger partial charge in [0.05, 0.1) is 0 Å². The Balaban J connectivity index is 1.55. The van der Waals surface area contributed by atoms with E-state index in [1.807, 2.05) is 12.1 Å². The molecule has 2 heterocycles. The number of hydrogen-bond acceptors (Lipinski definition) is 5. The second kappa shape index (κ2) is 7.57. The van der Waals surface area contributed by atoms with Crippen molar-refractivity contribution in [2.75, 3.05) is 26.7 Å². The molecule has 1 saturated heterocycles. The minimum atomic E-state index is -0.0544. The van der Waals surface area contributed by atoms with Crippen LogP contribution in [0.15, 0.2) is 28.8 Å². The summed E-state index contributed by atoms with van der Waals surface area (Å²) in [6.07, 6.45) is 3.54. The number of aryl methyl sites for hydroxylation is 1. The third kappa shape index (κ3) is 4.20. The van der Waals surface area contributed by atoms with Gasteiger partial charge < -0.3 is 14.7 Å². The Labute approximate surface area is 142 Å². The molecule has 6 heteroatoms. The van der Waals surface area contributed by atoms with Crippen LogP contribution in [0, 0.1) is 12.8 Å². The zero-order chi connectivity index (χ0) is 16.9. The molecule has 0 unspecified atom stereocenters. The lowest BCUT2D eigenvalue weighted by atomic mass is 9.95. The fraction of sp³-hybridized carbons (Fsp3) is 0.500. The van der Waals surface area contributed by atoms with Crippen molar-refractivity contribution < 1.29 is 9.32 Å². The summed E-state index contributed by atoms with van der Waals surface area (Å²) < 4.78 is 4.99. The first kappa shape index (κ1) is 16.6. The van der Waals surface area contributed by atoms with Gasteiger partial charge in [-0.05, 0) is 50.9 Å². The molecular formula is C18H24N4O2. The van der Waals surface area contributed by atoms with E-state index in [-0.39, 0.29) is 5.91 Å². The third-order valence-corrected chi connectivity index (χ3v) is 4.47. The topological polar surface area (TPSA) is 71.3 Å². The van der Waals surface area contributed by atoms with Crippen LogP contribution in [0.1, 0.15) is 35.5 Å². The van der Waals surface area contributed by atoms with Gasteiger partial charge in [-0.15, -0.1) is 0 Å². The summed E-state index contributed by atoms with van der Waals surface area (Å²) in [6, 6.07) is 7.32. The van der Waals surface area contributed by atoms with Crippen LogP contribution in [0.25, 0.3) is 11.4 Å². The predicted octanol–water partition coefficient (Wildman–Crippen LogP) is 2.51. The van der Waals surface area contributed by atoms with Crippen molar-refractivity contribution in [2.45, 2.75) is 26.2 Å². The summed E-state index contributed by atoms with van der Waals surface area (Å²) in [5, 5.41) is 6.92. The van der Waals surface area contributed by atoms with Crippen LogP contribution in [-0.2, 0) is 0 Å². The van der Waals surface area contributed by atoms with Crippen LogP contribution < -0.4 is 5.32 Å². The first-order valence-corrected chi connectivity index (χ1v) is 8.49. The molecule has 6 nitrogen and oxygen atoms in total. The molecule has 1 atom stereocenters. The Morgan fingerprint density at radius 1 is 1.46 bits per heavy atom. The maximum absolute atomic E-state index is 12.4. The van der Waals surface area contributed by atoms with Crippen LogP contribution in [0.2, 0.25) is 0 Å². The largest absolute Gasteiger partial charge is 0.352 e. The van der Waals surface area contributed by atoms with E-state index in [0.717, 1.165) is 18.5 Å². The van der Waals surface area contributed by atoms with E-state index in [1.54, 1.807) is 19.1 Å². The van der Waals surface area contributed by atoms with E-state index >= 15 is 0 Å². The summed E-state index contributed by atoms with van der Waals surface area (Å²) in [5.41, 5.74) is 1.41. The Kier molecular flexibility index (Phi) is 5.25. The van der Waals surface area contributed by atoms with Crippen LogP contribution in [0.5, 0.6) is 0 Å². The normalized spacial score (nSPS) is 18.5. The summed E-state index contributed by atoms with van der Waals surface area (Å²) in [4.78, 5) is 18.9. The van der Waals surface area contributed by atoms with Gasteiger partial charge in [-0.1, -0.05) is 17.3 Å². The second-order valence-corrected chi connectivity index (χ2v) is 6.53. The van der Waals surface area contributed by atoms with Gasteiger partial charge in [0.15, 0.2) is 0 Å². The highest BCUT2D eigenvalue weighted by Gasteiger charge is 2.17. The first-order chi connectivity index (χ1) is 11.6. The number of carbonyl (C=O) groups is 1. The molecule has 3 rings (SSSR count). The molecule has 0 radical (unpaired) electrons. The zero-order valence-corrected chi connectivity index (χ0v) is 14.3. The van der Waals surface area contributed by atoms with Gasteiger partial charge >= 0.3 is 0 Å². The molecule has 1 fully saturated rings. The number of piperidine rings is 1. The van der Waals surface area contributed by atoms with Crippen molar-refractivity contribution in [2.24, 2.45) is 5.92 Å². The number of nitrogens with zero attached hydrogens (tertiary/aromatic N) is 3. The molecule has 1 aromatic heterocycles. The Morgan fingerprint density at radius 3 is 3.08 bits per heavy atom. The number of rotatable bonds is 5. The number of likely N-dealkylation sites (tertiary alicyclic amines) is 1. The van der Waals surface area contributed by atoms with Gasteiger partial charge in [0.25, 0.3) is 5.91 Å². The van der Waals surface area contributed by atoms with Crippen LogP contribution in [0.4, 0.5) is 0 Å². The number of aromatic nitrogens is 2. The molecule has 1 aliphatic heterocycles.